The fourth-order valence-electron chi connectivity index (χ4n) is 1.33. The number of rotatable bonds is 10. The van der Waals surface area contributed by atoms with Gasteiger partial charge in [0, 0.05) is 10.7 Å². The van der Waals surface area contributed by atoms with Gasteiger partial charge in [-0.2, -0.15) is 0 Å². The molecule has 0 saturated heterocycles. The van der Waals surface area contributed by atoms with Gasteiger partial charge in [-0.1, -0.05) is 0 Å². The molecule has 19 heavy (non-hydrogen) atoms. The Morgan fingerprint density at radius 2 is 1.63 bits per heavy atom. The summed E-state index contributed by atoms with van der Waals surface area (Å²) < 4.78 is 22.1. The zero-order valence-electron chi connectivity index (χ0n) is 11.1. The zero-order chi connectivity index (χ0) is 13.9. The molecule has 0 saturated carbocycles. The number of benzene rings is 1. The van der Waals surface area contributed by atoms with Gasteiger partial charge >= 0.3 is 0 Å². The molecule has 6 heteroatoms. The van der Waals surface area contributed by atoms with Gasteiger partial charge in [0.15, 0.2) is 0 Å². The van der Waals surface area contributed by atoms with Crippen LogP contribution in [-0.2, 0) is 14.2 Å². The molecule has 1 aromatic rings. The molecule has 0 fully saturated rings. The van der Waals surface area contributed by atoms with Crippen LogP contribution < -0.4 is 10.5 Å². The van der Waals surface area contributed by atoms with Crippen LogP contribution in [-0.4, -0.2) is 46.8 Å². The summed E-state index contributed by atoms with van der Waals surface area (Å²) in [6.07, 6.45) is 0. The third-order valence-electron chi connectivity index (χ3n) is 2.26. The smallest absolute Gasteiger partial charge is 0.142 e. The van der Waals surface area contributed by atoms with Crippen LogP contribution in [0.1, 0.15) is 0 Å². The second-order valence-electron chi connectivity index (χ2n) is 3.75. The van der Waals surface area contributed by atoms with Crippen LogP contribution in [0.15, 0.2) is 18.2 Å². The maximum atomic E-state index is 5.83. The van der Waals surface area contributed by atoms with E-state index in [2.05, 4.69) is 22.6 Å². The molecule has 0 spiro atoms. The Morgan fingerprint density at radius 3 is 2.26 bits per heavy atom. The first-order valence-corrected chi connectivity index (χ1v) is 7.14. The van der Waals surface area contributed by atoms with Crippen LogP contribution in [0, 0.1) is 3.57 Å². The highest BCUT2D eigenvalue weighted by molar-refractivity contribution is 14.1. The van der Waals surface area contributed by atoms with Crippen LogP contribution in [0.25, 0.3) is 0 Å². The number of ether oxygens (including phenoxy) is 4. The van der Waals surface area contributed by atoms with Crippen molar-refractivity contribution in [3.8, 4) is 5.75 Å². The Balaban J connectivity index is 2.01. The van der Waals surface area contributed by atoms with Crippen molar-refractivity contribution in [2.45, 2.75) is 0 Å². The van der Waals surface area contributed by atoms with Crippen LogP contribution in [0.5, 0.6) is 5.75 Å². The molecule has 2 N–H and O–H groups in total. The van der Waals surface area contributed by atoms with E-state index in [1.165, 1.54) is 0 Å². The molecule has 0 aromatic heterocycles. The van der Waals surface area contributed by atoms with Gasteiger partial charge in [0.2, 0.25) is 0 Å². The van der Waals surface area contributed by atoms with E-state index in [4.69, 9.17) is 24.7 Å². The molecule has 0 aliphatic heterocycles. The average molecular weight is 381 g/mol. The van der Waals surface area contributed by atoms with Gasteiger partial charge in [0.1, 0.15) is 12.4 Å². The molecule has 0 amide bonds. The summed E-state index contributed by atoms with van der Waals surface area (Å²) in [4.78, 5) is 0. The van der Waals surface area contributed by atoms with Crippen molar-refractivity contribution in [3.63, 3.8) is 0 Å². The van der Waals surface area contributed by atoms with Gasteiger partial charge in [0.25, 0.3) is 0 Å². The Kier molecular flexibility index (Phi) is 8.89. The number of hydrogen-bond acceptors (Lipinski definition) is 5. The Labute approximate surface area is 127 Å². The first-order valence-electron chi connectivity index (χ1n) is 6.06. The molecule has 0 aliphatic rings. The lowest BCUT2D eigenvalue weighted by Gasteiger charge is -2.09. The summed E-state index contributed by atoms with van der Waals surface area (Å²) in [5, 5.41) is 0. The molecule has 0 atom stereocenters. The predicted molar refractivity (Wildman–Crippen MR) is 82.6 cm³/mol. The average Bonchev–Trinajstić information content (AvgIpc) is 2.39. The van der Waals surface area contributed by atoms with Gasteiger partial charge < -0.3 is 24.7 Å². The highest BCUT2D eigenvalue weighted by Crippen LogP contribution is 2.23. The number of nitrogen functional groups attached to an aromatic ring is 1. The molecular weight excluding hydrogens is 361 g/mol. The number of hydrogen-bond donors (Lipinski definition) is 1. The summed E-state index contributed by atoms with van der Waals surface area (Å²) in [5.74, 6) is 0.695. The number of halogens is 1. The van der Waals surface area contributed by atoms with E-state index in [1.54, 1.807) is 7.11 Å². The van der Waals surface area contributed by atoms with Crippen molar-refractivity contribution in [2.24, 2.45) is 0 Å². The Morgan fingerprint density at radius 1 is 1.00 bits per heavy atom. The SMILES string of the molecule is COCCOCCOCCOc1ccc(I)cc1N. The fourth-order valence-corrected chi connectivity index (χ4v) is 1.84. The second-order valence-corrected chi connectivity index (χ2v) is 4.99. The molecule has 1 rings (SSSR count). The predicted octanol–water partition coefficient (Wildman–Crippen LogP) is 1.93. The minimum Gasteiger partial charge on any atom is -0.489 e. The van der Waals surface area contributed by atoms with E-state index in [9.17, 15) is 0 Å². The van der Waals surface area contributed by atoms with Gasteiger partial charge in [-0.05, 0) is 40.8 Å². The molecule has 108 valence electrons. The van der Waals surface area contributed by atoms with Crippen molar-refractivity contribution in [3.05, 3.63) is 21.8 Å². The second kappa shape index (κ2) is 10.2. The summed E-state index contributed by atoms with van der Waals surface area (Å²) in [6.45, 7) is 3.30. The maximum Gasteiger partial charge on any atom is 0.142 e. The fraction of sp³-hybridized carbons (Fsp3) is 0.538. The lowest BCUT2D eigenvalue weighted by molar-refractivity contribution is 0.0180. The van der Waals surface area contributed by atoms with E-state index in [0.29, 0.717) is 51.1 Å². The van der Waals surface area contributed by atoms with E-state index < -0.39 is 0 Å². The molecule has 5 nitrogen and oxygen atoms in total. The van der Waals surface area contributed by atoms with Gasteiger partial charge in [-0.25, -0.2) is 0 Å². The lowest BCUT2D eigenvalue weighted by Crippen LogP contribution is -2.12. The zero-order valence-corrected chi connectivity index (χ0v) is 13.2. The van der Waals surface area contributed by atoms with Gasteiger partial charge in [-0.15, -0.1) is 0 Å². The molecule has 0 heterocycles. The van der Waals surface area contributed by atoms with Crippen molar-refractivity contribution in [1.82, 2.24) is 0 Å². The van der Waals surface area contributed by atoms with E-state index in [0.717, 1.165) is 3.57 Å². The minimum atomic E-state index is 0.475. The lowest BCUT2D eigenvalue weighted by atomic mass is 10.3. The monoisotopic (exact) mass is 381 g/mol. The van der Waals surface area contributed by atoms with Crippen molar-refractivity contribution in [1.29, 1.82) is 0 Å². The molecule has 0 radical (unpaired) electrons. The largest absolute Gasteiger partial charge is 0.489 e. The first kappa shape index (κ1) is 16.5. The van der Waals surface area contributed by atoms with Gasteiger partial charge in [-0.3, -0.25) is 0 Å². The third kappa shape index (κ3) is 7.56. The number of nitrogens with two attached hydrogens (primary N) is 1. The van der Waals surface area contributed by atoms with Crippen molar-refractivity contribution in [2.75, 3.05) is 52.5 Å². The number of anilines is 1. The van der Waals surface area contributed by atoms with Crippen LogP contribution in [0.3, 0.4) is 0 Å². The van der Waals surface area contributed by atoms with E-state index in [1.807, 2.05) is 18.2 Å². The topological polar surface area (TPSA) is 62.9 Å². The highest BCUT2D eigenvalue weighted by Gasteiger charge is 2.00. The summed E-state index contributed by atoms with van der Waals surface area (Å²) in [7, 11) is 1.65. The van der Waals surface area contributed by atoms with Gasteiger partial charge in [0.05, 0.1) is 38.7 Å². The van der Waals surface area contributed by atoms with Crippen molar-refractivity contribution >= 4 is 28.3 Å². The molecule has 0 bridgehead atoms. The van der Waals surface area contributed by atoms with Crippen LogP contribution >= 0.6 is 22.6 Å². The third-order valence-corrected chi connectivity index (χ3v) is 2.93. The summed E-state index contributed by atoms with van der Waals surface area (Å²) >= 11 is 2.21. The highest BCUT2D eigenvalue weighted by atomic mass is 127. The normalized spacial score (nSPS) is 10.6. The van der Waals surface area contributed by atoms with E-state index in [-0.39, 0.29) is 0 Å². The van der Waals surface area contributed by atoms with Crippen molar-refractivity contribution < 1.29 is 18.9 Å². The molecule has 0 unspecified atom stereocenters. The minimum absolute atomic E-state index is 0.475. The molecule has 0 aliphatic carbocycles. The quantitative estimate of drug-likeness (QED) is 0.381. The van der Waals surface area contributed by atoms with Crippen LogP contribution in [0.4, 0.5) is 5.69 Å². The Hall–Kier alpha value is -0.570. The molecule has 1 aromatic carbocycles. The summed E-state index contributed by atoms with van der Waals surface area (Å²) in [6, 6.07) is 5.70. The number of methoxy groups -OCH3 is 1. The van der Waals surface area contributed by atoms with E-state index >= 15 is 0 Å². The molecular formula is C13H20INO4. The first-order chi connectivity index (χ1) is 9.24. The van der Waals surface area contributed by atoms with Crippen LogP contribution in [0.2, 0.25) is 0 Å². The standard InChI is InChI=1S/C13H20INO4/c1-16-4-5-17-6-7-18-8-9-19-13-3-2-11(14)10-12(13)15/h2-3,10H,4-9,15H2,1H3. The maximum absolute atomic E-state index is 5.83. The Bertz CT molecular complexity index is 362. The summed E-state index contributed by atoms with van der Waals surface area (Å²) in [5.41, 5.74) is 6.48.